The summed E-state index contributed by atoms with van der Waals surface area (Å²) in [7, 11) is 0. The van der Waals surface area contributed by atoms with E-state index in [4.69, 9.17) is 0 Å². The second-order valence-electron chi connectivity index (χ2n) is 4.33. The van der Waals surface area contributed by atoms with Crippen LogP contribution in [0.5, 0.6) is 0 Å². The minimum atomic E-state index is -0.547. The summed E-state index contributed by atoms with van der Waals surface area (Å²) in [5, 5.41) is 13.5. The number of nitrogens with zero attached hydrogens (tertiary/aromatic N) is 1. The molecular weight excluding hydrogens is 242 g/mol. The first-order chi connectivity index (χ1) is 8.75. The largest absolute Gasteiger partial charge is 0.383 e. The van der Waals surface area contributed by atoms with Gasteiger partial charge in [-0.2, -0.15) is 0 Å². The third-order valence-electron chi connectivity index (χ3n) is 3.09. The van der Waals surface area contributed by atoms with Crippen molar-refractivity contribution >= 4 is 22.2 Å². The van der Waals surface area contributed by atoms with Gasteiger partial charge in [0.05, 0.1) is 5.52 Å². The lowest BCUT2D eigenvalue weighted by Gasteiger charge is -2.11. The fourth-order valence-electron chi connectivity index (χ4n) is 2.08. The predicted molar refractivity (Wildman–Crippen MR) is 74.9 cm³/mol. The highest BCUT2D eigenvalue weighted by atomic mass is 32.1. The normalized spacial score (nSPS) is 12.8. The molecule has 0 fully saturated rings. The number of aryl methyl sites for hydroxylation is 1. The molecule has 3 aromatic rings. The Balaban J connectivity index is 2.07. The fraction of sp³-hybridized carbons (Fsp3) is 0.133. The number of thiophene rings is 1. The Kier molecular flexibility index (Phi) is 2.86. The molecule has 2 aromatic heterocycles. The summed E-state index contributed by atoms with van der Waals surface area (Å²) in [6.07, 6.45) is 1.23. The second kappa shape index (κ2) is 4.52. The van der Waals surface area contributed by atoms with Crippen molar-refractivity contribution in [3.63, 3.8) is 0 Å². The molecule has 2 heterocycles. The van der Waals surface area contributed by atoms with Crippen LogP contribution < -0.4 is 0 Å². The van der Waals surface area contributed by atoms with E-state index in [1.807, 2.05) is 48.7 Å². The van der Waals surface area contributed by atoms with Crippen LogP contribution in [0.25, 0.3) is 10.9 Å². The molecule has 2 nitrogen and oxygen atoms in total. The highest BCUT2D eigenvalue weighted by Gasteiger charge is 2.14. The summed E-state index contributed by atoms with van der Waals surface area (Å²) in [6.45, 7) is 2.03. The van der Waals surface area contributed by atoms with Crippen LogP contribution in [-0.2, 0) is 0 Å². The monoisotopic (exact) mass is 255 g/mol. The summed E-state index contributed by atoms with van der Waals surface area (Å²) in [6, 6.07) is 11.9. The quantitative estimate of drug-likeness (QED) is 0.757. The first-order valence-electron chi connectivity index (χ1n) is 5.82. The number of rotatable bonds is 2. The van der Waals surface area contributed by atoms with Gasteiger partial charge in [0.1, 0.15) is 6.10 Å². The molecule has 1 N–H and O–H groups in total. The zero-order chi connectivity index (χ0) is 12.5. The van der Waals surface area contributed by atoms with Crippen LogP contribution in [-0.4, -0.2) is 10.1 Å². The zero-order valence-corrected chi connectivity index (χ0v) is 10.8. The van der Waals surface area contributed by atoms with Gasteiger partial charge in [0.15, 0.2) is 0 Å². The van der Waals surface area contributed by atoms with Crippen molar-refractivity contribution in [1.82, 2.24) is 4.98 Å². The number of pyridine rings is 1. The molecule has 0 radical (unpaired) electrons. The lowest BCUT2D eigenvalue weighted by atomic mass is 10.0. The van der Waals surface area contributed by atoms with Crippen LogP contribution in [0.2, 0.25) is 0 Å². The molecule has 1 atom stereocenters. The molecule has 3 rings (SSSR count). The lowest BCUT2D eigenvalue weighted by Crippen LogP contribution is -1.98. The molecule has 0 aliphatic carbocycles. The molecule has 0 spiro atoms. The van der Waals surface area contributed by atoms with E-state index >= 15 is 0 Å². The topological polar surface area (TPSA) is 33.1 Å². The van der Waals surface area contributed by atoms with Crippen molar-refractivity contribution in [2.24, 2.45) is 0 Å². The molecule has 1 unspecified atom stereocenters. The number of aliphatic hydroxyl groups is 1. The average Bonchev–Trinajstić information content (AvgIpc) is 2.83. The van der Waals surface area contributed by atoms with Crippen molar-refractivity contribution in [2.45, 2.75) is 13.0 Å². The molecule has 3 heteroatoms. The van der Waals surface area contributed by atoms with Crippen LogP contribution in [0.15, 0.2) is 48.0 Å². The number of benzene rings is 1. The van der Waals surface area contributed by atoms with Gasteiger partial charge < -0.3 is 5.11 Å². The van der Waals surface area contributed by atoms with Gasteiger partial charge in [0.2, 0.25) is 0 Å². The summed E-state index contributed by atoms with van der Waals surface area (Å²) >= 11 is 1.59. The van der Waals surface area contributed by atoms with Crippen molar-refractivity contribution in [2.75, 3.05) is 0 Å². The number of hydrogen-bond donors (Lipinski definition) is 1. The van der Waals surface area contributed by atoms with E-state index in [1.165, 1.54) is 0 Å². The Morgan fingerprint density at radius 3 is 2.89 bits per heavy atom. The minimum absolute atomic E-state index is 0.547. The van der Waals surface area contributed by atoms with Crippen LogP contribution in [0.4, 0.5) is 0 Å². The highest BCUT2D eigenvalue weighted by Crippen LogP contribution is 2.30. The molecule has 0 amide bonds. The first kappa shape index (κ1) is 11.4. The van der Waals surface area contributed by atoms with Gasteiger partial charge in [0, 0.05) is 16.5 Å². The predicted octanol–water partition coefficient (Wildman–Crippen LogP) is 3.69. The number of hydrogen-bond acceptors (Lipinski definition) is 3. The molecule has 0 aliphatic rings. The van der Waals surface area contributed by atoms with Crippen LogP contribution in [0.1, 0.15) is 22.1 Å². The number of aromatic nitrogens is 1. The van der Waals surface area contributed by atoms with Gasteiger partial charge in [-0.3, -0.25) is 4.98 Å². The van der Waals surface area contributed by atoms with E-state index in [0.717, 1.165) is 26.9 Å². The van der Waals surface area contributed by atoms with E-state index in [1.54, 1.807) is 17.5 Å². The van der Waals surface area contributed by atoms with Crippen LogP contribution >= 0.6 is 11.3 Å². The Labute approximate surface area is 110 Å². The van der Waals surface area contributed by atoms with Crippen molar-refractivity contribution in [1.29, 1.82) is 0 Å². The summed E-state index contributed by atoms with van der Waals surface area (Å²) in [4.78, 5) is 5.30. The van der Waals surface area contributed by atoms with E-state index in [-0.39, 0.29) is 0 Å². The number of fused-ring (bicyclic) bond motifs is 1. The van der Waals surface area contributed by atoms with Crippen LogP contribution in [0.3, 0.4) is 0 Å². The maximum atomic E-state index is 10.4. The maximum absolute atomic E-state index is 10.4. The zero-order valence-electron chi connectivity index (χ0n) is 10.00. The van der Waals surface area contributed by atoms with Gasteiger partial charge >= 0.3 is 0 Å². The first-order valence-corrected chi connectivity index (χ1v) is 6.70. The van der Waals surface area contributed by atoms with Gasteiger partial charge in [0.25, 0.3) is 0 Å². The molecule has 0 saturated carbocycles. The van der Waals surface area contributed by atoms with Crippen molar-refractivity contribution in [3.05, 3.63) is 64.0 Å². The Morgan fingerprint density at radius 2 is 2.11 bits per heavy atom. The third-order valence-corrected chi connectivity index (χ3v) is 4.16. The van der Waals surface area contributed by atoms with Crippen molar-refractivity contribution < 1.29 is 5.11 Å². The summed E-state index contributed by atoms with van der Waals surface area (Å²) < 4.78 is 0. The van der Waals surface area contributed by atoms with Gasteiger partial charge in [-0.15, -0.1) is 11.3 Å². The van der Waals surface area contributed by atoms with Gasteiger partial charge in [-0.05, 0) is 47.7 Å². The second-order valence-corrected chi connectivity index (χ2v) is 5.27. The standard InChI is InChI=1S/C15H13NOS/c1-10-6-8-18-15(10)14(17)12-4-5-13-11(9-12)3-2-7-16-13/h2-9,14,17H,1H3. The average molecular weight is 255 g/mol. The summed E-state index contributed by atoms with van der Waals surface area (Å²) in [5.74, 6) is 0. The van der Waals surface area contributed by atoms with E-state index in [0.29, 0.717) is 0 Å². The van der Waals surface area contributed by atoms with Crippen LogP contribution in [0, 0.1) is 6.92 Å². The molecule has 0 bridgehead atoms. The van der Waals surface area contributed by atoms with E-state index in [9.17, 15) is 5.11 Å². The molecule has 18 heavy (non-hydrogen) atoms. The summed E-state index contributed by atoms with van der Waals surface area (Å²) in [5.41, 5.74) is 3.01. The highest BCUT2D eigenvalue weighted by molar-refractivity contribution is 7.10. The number of aliphatic hydroxyl groups excluding tert-OH is 1. The van der Waals surface area contributed by atoms with Crippen molar-refractivity contribution in [3.8, 4) is 0 Å². The van der Waals surface area contributed by atoms with E-state index < -0.39 is 6.10 Å². The Morgan fingerprint density at radius 1 is 1.22 bits per heavy atom. The smallest absolute Gasteiger partial charge is 0.113 e. The molecule has 0 saturated heterocycles. The maximum Gasteiger partial charge on any atom is 0.113 e. The Hall–Kier alpha value is -1.71. The molecule has 90 valence electrons. The van der Waals surface area contributed by atoms with Gasteiger partial charge in [-0.25, -0.2) is 0 Å². The Bertz CT molecular complexity index is 690. The molecule has 1 aromatic carbocycles. The fourth-order valence-corrected chi connectivity index (χ4v) is 3.02. The SMILES string of the molecule is Cc1ccsc1C(O)c1ccc2ncccc2c1. The van der Waals surface area contributed by atoms with Gasteiger partial charge in [-0.1, -0.05) is 12.1 Å². The minimum Gasteiger partial charge on any atom is -0.383 e. The van der Waals surface area contributed by atoms with E-state index in [2.05, 4.69) is 4.98 Å². The third kappa shape index (κ3) is 1.92. The lowest BCUT2D eigenvalue weighted by molar-refractivity contribution is 0.223. The molecular formula is C15H13NOS. The molecule has 0 aliphatic heterocycles.